The molecule has 0 atom stereocenters. The van der Waals surface area contributed by atoms with Crippen LogP contribution in [0.1, 0.15) is 19.8 Å². The summed E-state index contributed by atoms with van der Waals surface area (Å²) in [5.74, 6) is 1.16. The third-order valence-electron chi connectivity index (χ3n) is 2.36. The first kappa shape index (κ1) is 14.8. The second-order valence-electron chi connectivity index (χ2n) is 3.76. The van der Waals surface area contributed by atoms with Crippen LogP contribution in [0.4, 0.5) is 0 Å². The Labute approximate surface area is 116 Å². The number of amides is 1. The molecule has 1 N–H and O–H groups in total. The van der Waals surface area contributed by atoms with Crippen LogP contribution in [0.5, 0.6) is 11.5 Å². The monoisotopic (exact) mass is 315 g/mol. The molecule has 0 radical (unpaired) electrons. The van der Waals surface area contributed by atoms with Crippen molar-refractivity contribution in [2.45, 2.75) is 19.8 Å². The molecule has 1 aromatic carbocycles. The SMILES string of the molecule is CCCCNC(=O)COc1cccc(OC)c1Br. The second kappa shape index (κ2) is 7.97. The summed E-state index contributed by atoms with van der Waals surface area (Å²) in [5.41, 5.74) is 0. The van der Waals surface area contributed by atoms with Gasteiger partial charge in [-0.1, -0.05) is 19.4 Å². The molecule has 0 aromatic heterocycles. The van der Waals surface area contributed by atoms with Gasteiger partial charge in [0.25, 0.3) is 5.91 Å². The van der Waals surface area contributed by atoms with Crippen molar-refractivity contribution in [3.63, 3.8) is 0 Å². The lowest BCUT2D eigenvalue weighted by atomic mass is 10.3. The predicted molar refractivity (Wildman–Crippen MR) is 74.1 cm³/mol. The predicted octanol–water partition coefficient (Wildman–Crippen LogP) is 2.75. The van der Waals surface area contributed by atoms with Crippen molar-refractivity contribution in [3.05, 3.63) is 22.7 Å². The Morgan fingerprint density at radius 1 is 1.39 bits per heavy atom. The first-order valence-electron chi connectivity index (χ1n) is 5.91. The standard InChI is InChI=1S/C13H18BrNO3/c1-3-4-8-15-12(16)9-18-11-7-5-6-10(17-2)13(11)14/h5-7H,3-4,8-9H2,1-2H3,(H,15,16). The maximum atomic E-state index is 11.5. The van der Waals surface area contributed by atoms with Crippen LogP contribution < -0.4 is 14.8 Å². The molecule has 5 heteroatoms. The van der Waals surface area contributed by atoms with Gasteiger partial charge < -0.3 is 14.8 Å². The number of hydrogen-bond donors (Lipinski definition) is 1. The normalized spacial score (nSPS) is 9.94. The number of carbonyl (C=O) groups is 1. The van der Waals surface area contributed by atoms with E-state index in [-0.39, 0.29) is 12.5 Å². The number of hydrogen-bond acceptors (Lipinski definition) is 3. The van der Waals surface area contributed by atoms with Gasteiger partial charge in [-0.3, -0.25) is 4.79 Å². The van der Waals surface area contributed by atoms with Gasteiger partial charge in [0.05, 0.1) is 7.11 Å². The summed E-state index contributed by atoms with van der Waals surface area (Å²) in [6.07, 6.45) is 2.04. The number of ether oxygens (including phenoxy) is 2. The van der Waals surface area contributed by atoms with E-state index < -0.39 is 0 Å². The summed E-state index contributed by atoms with van der Waals surface area (Å²) in [4.78, 5) is 11.5. The fraction of sp³-hybridized carbons (Fsp3) is 0.462. The Morgan fingerprint density at radius 3 is 2.78 bits per heavy atom. The van der Waals surface area contributed by atoms with E-state index in [2.05, 4.69) is 28.2 Å². The molecule has 18 heavy (non-hydrogen) atoms. The highest BCUT2D eigenvalue weighted by molar-refractivity contribution is 9.10. The van der Waals surface area contributed by atoms with Crippen molar-refractivity contribution in [1.82, 2.24) is 5.32 Å². The summed E-state index contributed by atoms with van der Waals surface area (Å²) in [7, 11) is 1.58. The largest absolute Gasteiger partial charge is 0.495 e. The van der Waals surface area contributed by atoms with Crippen LogP contribution in [-0.4, -0.2) is 26.2 Å². The van der Waals surface area contributed by atoms with Crippen LogP contribution in [0.25, 0.3) is 0 Å². The average molecular weight is 316 g/mol. The highest BCUT2D eigenvalue weighted by Gasteiger charge is 2.08. The van der Waals surface area contributed by atoms with Crippen LogP contribution >= 0.6 is 15.9 Å². The van der Waals surface area contributed by atoms with Crippen molar-refractivity contribution in [3.8, 4) is 11.5 Å². The molecule has 4 nitrogen and oxygen atoms in total. The molecule has 0 saturated carbocycles. The molecular weight excluding hydrogens is 298 g/mol. The van der Waals surface area contributed by atoms with E-state index in [4.69, 9.17) is 9.47 Å². The Balaban J connectivity index is 2.46. The van der Waals surface area contributed by atoms with Crippen molar-refractivity contribution in [1.29, 1.82) is 0 Å². The fourth-order valence-electron chi connectivity index (χ4n) is 1.36. The molecule has 0 aliphatic carbocycles. The minimum atomic E-state index is -0.113. The Morgan fingerprint density at radius 2 is 2.11 bits per heavy atom. The first-order valence-corrected chi connectivity index (χ1v) is 6.70. The number of benzene rings is 1. The van der Waals surface area contributed by atoms with Gasteiger partial charge in [-0.25, -0.2) is 0 Å². The number of carbonyl (C=O) groups excluding carboxylic acids is 1. The van der Waals surface area contributed by atoms with Gasteiger partial charge in [-0.15, -0.1) is 0 Å². The zero-order valence-electron chi connectivity index (χ0n) is 10.7. The van der Waals surface area contributed by atoms with E-state index in [9.17, 15) is 4.79 Å². The Kier molecular flexibility index (Phi) is 6.57. The van der Waals surface area contributed by atoms with Crippen molar-refractivity contribution in [2.24, 2.45) is 0 Å². The van der Waals surface area contributed by atoms with Crippen LogP contribution in [0.15, 0.2) is 22.7 Å². The maximum absolute atomic E-state index is 11.5. The molecule has 0 spiro atoms. The third kappa shape index (κ3) is 4.56. The zero-order chi connectivity index (χ0) is 13.4. The molecule has 1 amide bonds. The van der Waals surface area contributed by atoms with Gasteiger partial charge in [-0.2, -0.15) is 0 Å². The van der Waals surface area contributed by atoms with Gasteiger partial charge in [0.1, 0.15) is 16.0 Å². The fourth-order valence-corrected chi connectivity index (χ4v) is 1.90. The van der Waals surface area contributed by atoms with Crippen molar-refractivity contribution in [2.75, 3.05) is 20.3 Å². The summed E-state index contributed by atoms with van der Waals surface area (Å²) >= 11 is 3.37. The Hall–Kier alpha value is -1.23. The summed E-state index contributed by atoms with van der Waals surface area (Å²) in [5, 5.41) is 2.79. The topological polar surface area (TPSA) is 47.6 Å². The molecule has 0 aliphatic heterocycles. The van der Waals surface area contributed by atoms with Gasteiger partial charge in [0.15, 0.2) is 6.61 Å². The van der Waals surface area contributed by atoms with Crippen LogP contribution in [0.2, 0.25) is 0 Å². The second-order valence-corrected chi connectivity index (χ2v) is 4.56. The molecule has 0 unspecified atom stereocenters. The summed E-state index contributed by atoms with van der Waals surface area (Å²) in [6.45, 7) is 2.78. The highest BCUT2D eigenvalue weighted by atomic mass is 79.9. The van der Waals surface area contributed by atoms with Gasteiger partial charge in [-0.05, 0) is 34.5 Å². The minimum absolute atomic E-state index is 0.00941. The number of unbranched alkanes of at least 4 members (excludes halogenated alkanes) is 1. The summed E-state index contributed by atoms with van der Waals surface area (Å²) < 4.78 is 11.3. The van der Waals surface area contributed by atoms with Gasteiger partial charge in [0.2, 0.25) is 0 Å². The zero-order valence-corrected chi connectivity index (χ0v) is 12.2. The highest BCUT2D eigenvalue weighted by Crippen LogP contribution is 2.33. The quantitative estimate of drug-likeness (QED) is 0.787. The summed E-state index contributed by atoms with van der Waals surface area (Å²) in [6, 6.07) is 5.41. The number of halogens is 1. The van der Waals surface area contributed by atoms with E-state index in [0.717, 1.165) is 12.8 Å². The first-order chi connectivity index (χ1) is 8.69. The smallest absolute Gasteiger partial charge is 0.257 e. The lowest BCUT2D eigenvalue weighted by molar-refractivity contribution is -0.123. The lowest BCUT2D eigenvalue weighted by Gasteiger charge is -2.10. The molecule has 1 aromatic rings. The van der Waals surface area contributed by atoms with Crippen molar-refractivity contribution >= 4 is 21.8 Å². The Bertz CT molecular complexity index is 396. The number of methoxy groups -OCH3 is 1. The molecule has 0 saturated heterocycles. The van der Waals surface area contributed by atoms with E-state index in [1.807, 2.05) is 12.1 Å². The number of rotatable bonds is 7. The molecule has 0 heterocycles. The van der Waals surface area contributed by atoms with E-state index in [0.29, 0.717) is 22.5 Å². The lowest BCUT2D eigenvalue weighted by Crippen LogP contribution is -2.29. The molecule has 1 rings (SSSR count). The van der Waals surface area contributed by atoms with Crippen LogP contribution in [0, 0.1) is 0 Å². The van der Waals surface area contributed by atoms with E-state index in [1.165, 1.54) is 0 Å². The van der Waals surface area contributed by atoms with E-state index in [1.54, 1.807) is 13.2 Å². The molecule has 0 fully saturated rings. The van der Waals surface area contributed by atoms with E-state index >= 15 is 0 Å². The maximum Gasteiger partial charge on any atom is 0.257 e. The molecule has 0 aliphatic rings. The van der Waals surface area contributed by atoms with Crippen LogP contribution in [0.3, 0.4) is 0 Å². The van der Waals surface area contributed by atoms with Crippen molar-refractivity contribution < 1.29 is 14.3 Å². The van der Waals surface area contributed by atoms with Gasteiger partial charge in [0, 0.05) is 6.54 Å². The molecule has 0 bridgehead atoms. The molecule has 100 valence electrons. The number of nitrogens with one attached hydrogen (secondary N) is 1. The molecular formula is C13H18BrNO3. The third-order valence-corrected chi connectivity index (χ3v) is 3.14. The average Bonchev–Trinajstić information content (AvgIpc) is 2.38. The minimum Gasteiger partial charge on any atom is -0.495 e. The van der Waals surface area contributed by atoms with Crippen LogP contribution in [-0.2, 0) is 4.79 Å². The van der Waals surface area contributed by atoms with Gasteiger partial charge >= 0.3 is 0 Å².